The van der Waals surface area contributed by atoms with E-state index in [2.05, 4.69) is 20.3 Å². The molecule has 1 fully saturated rings. The number of ether oxygens (including phenoxy) is 1. The Labute approximate surface area is 185 Å². The van der Waals surface area contributed by atoms with Crippen LogP contribution in [0.5, 0.6) is 5.75 Å². The van der Waals surface area contributed by atoms with Crippen molar-refractivity contribution in [3.05, 3.63) is 77.0 Å². The van der Waals surface area contributed by atoms with E-state index in [-0.39, 0.29) is 24.1 Å². The van der Waals surface area contributed by atoms with Crippen LogP contribution >= 0.6 is 0 Å². The first-order valence-corrected chi connectivity index (χ1v) is 10.5. The molecule has 1 aliphatic rings. The van der Waals surface area contributed by atoms with E-state index in [4.69, 9.17) is 4.74 Å². The van der Waals surface area contributed by atoms with Crippen molar-refractivity contribution in [3.63, 3.8) is 0 Å². The average Bonchev–Trinajstić information content (AvgIpc) is 3.51. The first-order valence-electron chi connectivity index (χ1n) is 10.5. The SMILES string of the molecule is CCc1nc(C)ncc1OC[C@@]1(c2cccc(F)c2)C[C@H]1C(=O)Nc1cc(C)c(F)cn1. The summed E-state index contributed by atoms with van der Waals surface area (Å²) in [6.45, 7) is 5.55. The number of amides is 1. The number of hydrogen-bond acceptors (Lipinski definition) is 5. The minimum atomic E-state index is -0.697. The zero-order valence-electron chi connectivity index (χ0n) is 18.2. The molecule has 166 valence electrons. The topological polar surface area (TPSA) is 77.0 Å². The fraction of sp³-hybridized carbons (Fsp3) is 0.333. The minimum absolute atomic E-state index is 0.170. The number of rotatable bonds is 7. The zero-order chi connectivity index (χ0) is 22.9. The molecule has 6 nitrogen and oxygen atoms in total. The third-order valence-electron chi connectivity index (χ3n) is 5.86. The van der Waals surface area contributed by atoms with Gasteiger partial charge in [-0.15, -0.1) is 0 Å². The molecule has 2 atom stereocenters. The van der Waals surface area contributed by atoms with Crippen LogP contribution in [0.2, 0.25) is 0 Å². The van der Waals surface area contributed by atoms with E-state index < -0.39 is 17.2 Å². The Hall–Kier alpha value is -3.42. The summed E-state index contributed by atoms with van der Waals surface area (Å²) in [5.41, 5.74) is 1.15. The largest absolute Gasteiger partial charge is 0.489 e. The van der Waals surface area contributed by atoms with Crippen molar-refractivity contribution in [2.75, 3.05) is 11.9 Å². The van der Waals surface area contributed by atoms with Gasteiger partial charge in [-0.3, -0.25) is 4.79 Å². The Bertz CT molecular complexity index is 1170. The number of benzene rings is 1. The van der Waals surface area contributed by atoms with Gasteiger partial charge in [-0.2, -0.15) is 0 Å². The van der Waals surface area contributed by atoms with Crippen molar-refractivity contribution in [3.8, 4) is 5.75 Å². The monoisotopic (exact) mass is 438 g/mol. The summed E-state index contributed by atoms with van der Waals surface area (Å²) in [7, 11) is 0. The van der Waals surface area contributed by atoms with E-state index >= 15 is 0 Å². The summed E-state index contributed by atoms with van der Waals surface area (Å²) < 4.78 is 33.6. The third-order valence-corrected chi connectivity index (χ3v) is 5.86. The molecule has 0 radical (unpaired) electrons. The van der Waals surface area contributed by atoms with E-state index in [0.29, 0.717) is 35.5 Å². The molecule has 0 aliphatic heterocycles. The Morgan fingerprint density at radius 1 is 1.22 bits per heavy atom. The summed E-state index contributed by atoms with van der Waals surface area (Å²) >= 11 is 0. The highest BCUT2D eigenvalue weighted by atomic mass is 19.1. The van der Waals surface area contributed by atoms with Crippen molar-refractivity contribution in [2.45, 2.75) is 39.0 Å². The smallest absolute Gasteiger partial charge is 0.229 e. The molecule has 0 unspecified atom stereocenters. The van der Waals surface area contributed by atoms with Crippen LogP contribution < -0.4 is 10.1 Å². The van der Waals surface area contributed by atoms with Gasteiger partial charge in [0, 0.05) is 5.41 Å². The molecule has 4 rings (SSSR count). The lowest BCUT2D eigenvalue weighted by Crippen LogP contribution is -2.27. The zero-order valence-corrected chi connectivity index (χ0v) is 18.2. The Morgan fingerprint density at radius 2 is 2.03 bits per heavy atom. The lowest BCUT2D eigenvalue weighted by molar-refractivity contribution is -0.117. The van der Waals surface area contributed by atoms with Crippen molar-refractivity contribution in [1.29, 1.82) is 0 Å². The molecule has 8 heteroatoms. The van der Waals surface area contributed by atoms with E-state index in [0.717, 1.165) is 11.9 Å². The Morgan fingerprint density at radius 3 is 2.75 bits per heavy atom. The normalized spacial score (nSPS) is 19.5. The van der Waals surface area contributed by atoms with Gasteiger partial charge in [0.2, 0.25) is 5.91 Å². The van der Waals surface area contributed by atoms with Crippen molar-refractivity contribution >= 4 is 11.7 Å². The minimum Gasteiger partial charge on any atom is -0.489 e. The molecule has 0 spiro atoms. The highest BCUT2D eigenvalue weighted by Crippen LogP contribution is 2.55. The van der Waals surface area contributed by atoms with Crippen LogP contribution in [0.3, 0.4) is 0 Å². The molecule has 3 aromatic rings. The molecule has 2 aromatic heterocycles. The summed E-state index contributed by atoms with van der Waals surface area (Å²) in [5.74, 6) is -0.0635. The number of pyridine rings is 1. The molecule has 1 aromatic carbocycles. The second-order valence-electron chi connectivity index (χ2n) is 8.10. The van der Waals surface area contributed by atoms with Gasteiger partial charge in [0.15, 0.2) is 5.75 Å². The molecule has 1 amide bonds. The lowest BCUT2D eigenvalue weighted by Gasteiger charge is -2.20. The van der Waals surface area contributed by atoms with Crippen LogP contribution in [0.1, 0.15) is 36.0 Å². The van der Waals surface area contributed by atoms with Gasteiger partial charge in [-0.1, -0.05) is 19.1 Å². The van der Waals surface area contributed by atoms with Crippen molar-refractivity contribution in [2.24, 2.45) is 5.92 Å². The molecule has 0 bridgehead atoms. The summed E-state index contributed by atoms with van der Waals surface area (Å²) in [6.07, 6.45) is 3.86. The summed E-state index contributed by atoms with van der Waals surface area (Å²) in [4.78, 5) is 25.6. The standard InChI is InChI=1S/C24H24F2N4O2/c1-4-20-21(12-27-15(3)29-20)32-13-24(16-6-5-7-17(25)9-16)10-18(24)23(31)30-22-8-14(2)19(26)11-28-22/h5-9,11-12,18H,4,10,13H2,1-3H3,(H,28,30,31)/t18-,24+/m0/s1. The highest BCUT2D eigenvalue weighted by molar-refractivity contribution is 5.95. The van der Waals surface area contributed by atoms with E-state index in [1.165, 1.54) is 18.2 Å². The van der Waals surface area contributed by atoms with Gasteiger partial charge in [-0.05, 0) is 56.0 Å². The van der Waals surface area contributed by atoms with Crippen LogP contribution in [0.4, 0.5) is 14.6 Å². The maximum atomic E-state index is 14.0. The van der Waals surface area contributed by atoms with Gasteiger partial charge in [0.25, 0.3) is 0 Å². The maximum absolute atomic E-state index is 14.0. The first-order chi connectivity index (χ1) is 15.3. The van der Waals surface area contributed by atoms with Gasteiger partial charge >= 0.3 is 0 Å². The van der Waals surface area contributed by atoms with Gasteiger partial charge in [0.1, 0.15) is 23.3 Å². The van der Waals surface area contributed by atoms with Gasteiger partial charge in [0.05, 0.1) is 30.6 Å². The first kappa shape index (κ1) is 21.8. The number of hydrogen-bond donors (Lipinski definition) is 1. The number of carbonyl (C=O) groups is 1. The number of nitrogens with zero attached hydrogens (tertiary/aromatic N) is 3. The number of aromatic nitrogens is 3. The van der Waals surface area contributed by atoms with E-state index in [1.54, 1.807) is 25.3 Å². The number of halogens is 2. The second-order valence-corrected chi connectivity index (χ2v) is 8.10. The molecule has 32 heavy (non-hydrogen) atoms. The fourth-order valence-corrected chi connectivity index (χ4v) is 3.92. The number of carbonyl (C=O) groups excluding carboxylic acids is 1. The number of nitrogens with one attached hydrogen (secondary N) is 1. The second kappa shape index (κ2) is 8.61. The molecular weight excluding hydrogens is 414 g/mol. The molecule has 1 saturated carbocycles. The van der Waals surface area contributed by atoms with Crippen LogP contribution in [0.25, 0.3) is 0 Å². The van der Waals surface area contributed by atoms with Gasteiger partial charge in [-0.25, -0.2) is 23.7 Å². The predicted molar refractivity (Wildman–Crippen MR) is 115 cm³/mol. The van der Waals surface area contributed by atoms with Gasteiger partial charge < -0.3 is 10.1 Å². The van der Waals surface area contributed by atoms with Crippen LogP contribution in [-0.4, -0.2) is 27.5 Å². The van der Waals surface area contributed by atoms with Crippen LogP contribution in [0.15, 0.2) is 42.7 Å². The Kier molecular flexibility index (Phi) is 5.86. The molecule has 0 saturated heterocycles. The highest BCUT2D eigenvalue weighted by Gasteiger charge is 2.60. The van der Waals surface area contributed by atoms with Crippen LogP contribution in [-0.2, 0) is 16.6 Å². The predicted octanol–water partition coefficient (Wildman–Crippen LogP) is 4.30. The molecular formula is C24H24F2N4O2. The molecule has 2 heterocycles. The average molecular weight is 438 g/mol. The van der Waals surface area contributed by atoms with Crippen LogP contribution in [0, 0.1) is 31.4 Å². The number of aryl methyl sites for hydroxylation is 3. The van der Waals surface area contributed by atoms with Crippen molar-refractivity contribution in [1.82, 2.24) is 15.0 Å². The van der Waals surface area contributed by atoms with E-state index in [9.17, 15) is 13.6 Å². The Balaban J connectivity index is 1.58. The number of anilines is 1. The fourth-order valence-electron chi connectivity index (χ4n) is 3.92. The molecule has 1 N–H and O–H groups in total. The summed E-state index contributed by atoms with van der Waals surface area (Å²) in [6, 6.07) is 7.70. The maximum Gasteiger partial charge on any atom is 0.229 e. The third kappa shape index (κ3) is 4.30. The van der Waals surface area contributed by atoms with E-state index in [1.807, 2.05) is 13.8 Å². The van der Waals surface area contributed by atoms with Crippen molar-refractivity contribution < 1.29 is 18.3 Å². The summed E-state index contributed by atoms with van der Waals surface area (Å²) in [5, 5.41) is 2.75. The quantitative estimate of drug-likeness (QED) is 0.595. The molecule has 1 aliphatic carbocycles. The lowest BCUT2D eigenvalue weighted by atomic mass is 9.93.